The summed E-state index contributed by atoms with van der Waals surface area (Å²) < 4.78 is 14.6. The molecule has 1 aliphatic rings. The van der Waals surface area contributed by atoms with Crippen molar-refractivity contribution in [2.45, 2.75) is 64.9 Å². The summed E-state index contributed by atoms with van der Waals surface area (Å²) in [4.78, 5) is 4.15. The molecule has 0 bridgehead atoms. The summed E-state index contributed by atoms with van der Waals surface area (Å²) in [6.07, 6.45) is 7.54. The van der Waals surface area contributed by atoms with Crippen molar-refractivity contribution in [3.05, 3.63) is 54.1 Å². The Bertz CT molecular complexity index is 649. The lowest BCUT2D eigenvalue weighted by molar-refractivity contribution is -0.185. The van der Waals surface area contributed by atoms with Crippen LogP contribution in [0.5, 0.6) is 0 Å². The average molecular weight is 342 g/mol. The molecular formula is C21H30N2O2. The lowest BCUT2D eigenvalue weighted by Crippen LogP contribution is -2.37. The molecule has 2 heterocycles. The fourth-order valence-corrected chi connectivity index (χ4v) is 3.26. The number of hydrogen-bond donors (Lipinski definition) is 0. The van der Waals surface area contributed by atoms with E-state index in [-0.39, 0.29) is 6.10 Å². The Kier molecular flexibility index (Phi) is 5.60. The van der Waals surface area contributed by atoms with Gasteiger partial charge in [0.15, 0.2) is 5.79 Å². The fraction of sp³-hybridized carbons (Fsp3) is 0.571. The summed E-state index contributed by atoms with van der Waals surface area (Å²) in [5.74, 6) is 0.455. The zero-order valence-corrected chi connectivity index (χ0v) is 15.8. The number of rotatable bonds is 7. The van der Waals surface area contributed by atoms with Crippen molar-refractivity contribution in [2.24, 2.45) is 5.92 Å². The third kappa shape index (κ3) is 4.50. The molecule has 1 aromatic carbocycles. The van der Waals surface area contributed by atoms with Gasteiger partial charge in [0, 0.05) is 18.8 Å². The largest absolute Gasteiger partial charge is 0.345 e. The van der Waals surface area contributed by atoms with Crippen LogP contribution in [0.1, 0.15) is 51.2 Å². The van der Waals surface area contributed by atoms with E-state index in [9.17, 15) is 0 Å². The van der Waals surface area contributed by atoms with Gasteiger partial charge in [0.2, 0.25) is 0 Å². The number of aryl methyl sites for hydroxylation is 1. The van der Waals surface area contributed by atoms with Gasteiger partial charge < -0.3 is 14.0 Å². The number of aromatic nitrogens is 2. The topological polar surface area (TPSA) is 36.3 Å². The standard InChI is InChI=1S/C21H30N2O2/c1-16(2)19-7-5-18(6-8-19)9-10-21(14-23-12-11-22-15-23)24-13-20(25-21)17(3)4/h5-8,11-12,15-17,20H,9-10,13-14H2,1-4H3. The number of hydrogen-bond acceptors (Lipinski definition) is 3. The van der Waals surface area contributed by atoms with Gasteiger partial charge in [-0.25, -0.2) is 4.98 Å². The highest BCUT2D eigenvalue weighted by Crippen LogP contribution is 2.33. The van der Waals surface area contributed by atoms with Gasteiger partial charge in [-0.05, 0) is 29.4 Å². The molecule has 3 rings (SSSR count). The van der Waals surface area contributed by atoms with Gasteiger partial charge in [-0.15, -0.1) is 0 Å². The Morgan fingerprint density at radius 2 is 1.96 bits per heavy atom. The number of benzene rings is 1. The maximum atomic E-state index is 6.40. The zero-order valence-electron chi connectivity index (χ0n) is 15.8. The molecule has 0 radical (unpaired) electrons. The Morgan fingerprint density at radius 3 is 2.52 bits per heavy atom. The van der Waals surface area contributed by atoms with Crippen molar-refractivity contribution in [3.8, 4) is 0 Å². The van der Waals surface area contributed by atoms with Crippen molar-refractivity contribution in [3.63, 3.8) is 0 Å². The SMILES string of the molecule is CC(C)c1ccc(CCC2(Cn3ccnc3)OCC(C(C)C)O2)cc1. The molecular weight excluding hydrogens is 312 g/mol. The van der Waals surface area contributed by atoms with Crippen molar-refractivity contribution >= 4 is 0 Å². The van der Waals surface area contributed by atoms with Crippen molar-refractivity contribution < 1.29 is 9.47 Å². The second-order valence-corrected chi connectivity index (χ2v) is 7.75. The average Bonchev–Trinajstić information content (AvgIpc) is 3.24. The molecule has 0 N–H and O–H groups in total. The molecule has 4 nitrogen and oxygen atoms in total. The second-order valence-electron chi connectivity index (χ2n) is 7.75. The van der Waals surface area contributed by atoms with Crippen LogP contribution in [0.4, 0.5) is 0 Å². The van der Waals surface area contributed by atoms with E-state index < -0.39 is 5.79 Å². The monoisotopic (exact) mass is 342 g/mol. The summed E-state index contributed by atoms with van der Waals surface area (Å²) in [7, 11) is 0. The van der Waals surface area contributed by atoms with Crippen molar-refractivity contribution in [1.29, 1.82) is 0 Å². The summed E-state index contributed by atoms with van der Waals surface area (Å²) in [5, 5.41) is 0. The predicted octanol–water partition coefficient (Wildman–Crippen LogP) is 4.41. The Labute approximate surface area is 151 Å². The summed E-state index contributed by atoms with van der Waals surface area (Å²) in [6, 6.07) is 8.93. The lowest BCUT2D eigenvalue weighted by atomic mass is 9.98. The van der Waals surface area contributed by atoms with Gasteiger partial charge in [0.25, 0.3) is 0 Å². The quantitative estimate of drug-likeness (QED) is 0.748. The van der Waals surface area contributed by atoms with Crippen LogP contribution in [-0.4, -0.2) is 28.0 Å². The minimum atomic E-state index is -0.563. The van der Waals surface area contributed by atoms with Crippen molar-refractivity contribution in [2.75, 3.05) is 6.61 Å². The van der Waals surface area contributed by atoms with E-state index in [0.717, 1.165) is 12.8 Å². The van der Waals surface area contributed by atoms with E-state index in [0.29, 0.717) is 25.0 Å². The Balaban J connectivity index is 1.69. The molecule has 0 saturated carbocycles. The van der Waals surface area contributed by atoms with Crippen LogP contribution in [0.15, 0.2) is 43.0 Å². The smallest absolute Gasteiger partial charge is 0.187 e. The first kappa shape index (κ1) is 18.2. The zero-order chi connectivity index (χ0) is 17.9. The Hall–Kier alpha value is -1.65. The third-order valence-corrected chi connectivity index (χ3v) is 5.04. The van der Waals surface area contributed by atoms with Crippen LogP contribution < -0.4 is 0 Å². The lowest BCUT2D eigenvalue weighted by Gasteiger charge is -2.29. The molecule has 1 aliphatic heterocycles. The molecule has 0 amide bonds. The third-order valence-electron chi connectivity index (χ3n) is 5.04. The van der Waals surface area contributed by atoms with E-state index in [1.165, 1.54) is 11.1 Å². The normalized spacial score (nSPS) is 23.7. The van der Waals surface area contributed by atoms with Crippen LogP contribution in [0, 0.1) is 5.92 Å². The maximum absolute atomic E-state index is 6.40. The van der Waals surface area contributed by atoms with Gasteiger partial charge in [0.05, 0.1) is 25.6 Å². The van der Waals surface area contributed by atoms with E-state index in [4.69, 9.17) is 9.47 Å². The van der Waals surface area contributed by atoms with Crippen LogP contribution in [-0.2, 0) is 22.4 Å². The van der Waals surface area contributed by atoms with E-state index >= 15 is 0 Å². The van der Waals surface area contributed by atoms with Crippen LogP contribution in [0.2, 0.25) is 0 Å². The number of imidazole rings is 1. The summed E-state index contributed by atoms with van der Waals surface area (Å²) in [6.45, 7) is 10.2. The molecule has 25 heavy (non-hydrogen) atoms. The molecule has 1 saturated heterocycles. The van der Waals surface area contributed by atoms with Crippen LogP contribution >= 0.6 is 0 Å². The first-order valence-electron chi connectivity index (χ1n) is 9.34. The highest BCUT2D eigenvalue weighted by atomic mass is 16.7. The molecule has 1 fully saturated rings. The molecule has 2 unspecified atom stereocenters. The first-order valence-corrected chi connectivity index (χ1v) is 9.34. The molecule has 0 spiro atoms. The van der Waals surface area contributed by atoms with E-state index in [2.05, 4.69) is 56.9 Å². The maximum Gasteiger partial charge on any atom is 0.187 e. The molecule has 0 aliphatic carbocycles. The molecule has 136 valence electrons. The van der Waals surface area contributed by atoms with Crippen molar-refractivity contribution in [1.82, 2.24) is 9.55 Å². The van der Waals surface area contributed by atoms with E-state index in [1.807, 2.05) is 17.1 Å². The number of nitrogens with zero attached hydrogens (tertiary/aromatic N) is 2. The van der Waals surface area contributed by atoms with Gasteiger partial charge in [-0.1, -0.05) is 52.0 Å². The minimum Gasteiger partial charge on any atom is -0.345 e. The highest BCUT2D eigenvalue weighted by molar-refractivity contribution is 5.24. The minimum absolute atomic E-state index is 0.159. The highest BCUT2D eigenvalue weighted by Gasteiger charge is 2.42. The summed E-state index contributed by atoms with van der Waals surface area (Å²) >= 11 is 0. The van der Waals surface area contributed by atoms with E-state index in [1.54, 1.807) is 6.20 Å². The predicted molar refractivity (Wildman–Crippen MR) is 99.5 cm³/mol. The van der Waals surface area contributed by atoms with Gasteiger partial charge in [-0.3, -0.25) is 0 Å². The molecule has 2 aromatic rings. The summed E-state index contributed by atoms with van der Waals surface area (Å²) in [5.41, 5.74) is 2.71. The molecule has 1 aromatic heterocycles. The molecule has 4 heteroatoms. The Morgan fingerprint density at radius 1 is 1.20 bits per heavy atom. The fourth-order valence-electron chi connectivity index (χ4n) is 3.26. The van der Waals surface area contributed by atoms with Gasteiger partial charge in [0.1, 0.15) is 0 Å². The van der Waals surface area contributed by atoms with Crippen LogP contribution in [0.3, 0.4) is 0 Å². The molecule has 2 atom stereocenters. The second kappa shape index (κ2) is 7.71. The van der Waals surface area contributed by atoms with Crippen LogP contribution in [0.25, 0.3) is 0 Å². The van der Waals surface area contributed by atoms with Gasteiger partial charge >= 0.3 is 0 Å². The van der Waals surface area contributed by atoms with Gasteiger partial charge in [-0.2, -0.15) is 0 Å². The first-order chi connectivity index (χ1) is 12.0. The number of ether oxygens (including phenoxy) is 2.